The molecule has 2 saturated heterocycles. The van der Waals surface area contributed by atoms with Crippen LogP contribution in [-0.2, 0) is 0 Å². The molecule has 2 fully saturated rings. The lowest BCUT2D eigenvalue weighted by Gasteiger charge is -2.22. The number of nitrogens with zero attached hydrogens (tertiary/aromatic N) is 4. The molecule has 0 bridgehead atoms. The van der Waals surface area contributed by atoms with Gasteiger partial charge in [0.2, 0.25) is 0 Å². The molecule has 1 unspecified atom stereocenters. The Morgan fingerprint density at radius 1 is 0.733 bits per heavy atom. The van der Waals surface area contributed by atoms with E-state index in [1.54, 1.807) is 0 Å². The van der Waals surface area contributed by atoms with E-state index >= 15 is 0 Å². The maximum Gasteiger partial charge on any atom is 0.0368 e. The molecule has 6 heteroatoms. The van der Waals surface area contributed by atoms with Gasteiger partial charge in [0, 0.05) is 61.5 Å². The molecule has 4 rings (SSSR count). The van der Waals surface area contributed by atoms with Crippen molar-refractivity contribution in [3.05, 3.63) is 48.5 Å². The summed E-state index contributed by atoms with van der Waals surface area (Å²) >= 11 is 0. The largest absolute Gasteiger partial charge is 0.399 e. The molecule has 6 nitrogen and oxygen atoms in total. The maximum atomic E-state index is 5.68. The Bertz CT molecular complexity index is 758. The Kier molecular flexibility index (Phi) is 7.82. The number of nitrogen functional groups attached to an aromatic ring is 2. The van der Waals surface area contributed by atoms with E-state index in [9.17, 15) is 0 Å². The fourth-order valence-corrected chi connectivity index (χ4v) is 4.07. The Labute approximate surface area is 182 Å². The lowest BCUT2D eigenvalue weighted by atomic mass is 10.2. The molecule has 4 N–H and O–H groups in total. The lowest BCUT2D eigenvalue weighted by molar-refractivity contribution is 0.315. The molecule has 0 aliphatic carbocycles. The maximum absolute atomic E-state index is 5.68. The summed E-state index contributed by atoms with van der Waals surface area (Å²) in [6.45, 7) is 6.87. The molecule has 2 heterocycles. The van der Waals surface area contributed by atoms with Crippen molar-refractivity contribution in [2.45, 2.75) is 18.9 Å². The first-order valence-corrected chi connectivity index (χ1v) is 11.0. The van der Waals surface area contributed by atoms with E-state index < -0.39 is 0 Å². The average Bonchev–Trinajstić information content (AvgIpc) is 3.13. The standard InChI is InChI=1S/2C12H19N3/c1-14(2)12-7-8-15(9-12)11-5-3-10(13)4-6-11;1-14-7-2-8-15(10-9-14)12-5-3-11(13)4-6-12/h3-6,12H,7-9,13H2,1-2H3;3-6H,2,7-10,13H2,1H3. The van der Waals surface area contributed by atoms with Crippen molar-refractivity contribution >= 4 is 22.7 Å². The van der Waals surface area contributed by atoms with Crippen LogP contribution in [0.1, 0.15) is 12.8 Å². The zero-order valence-corrected chi connectivity index (χ0v) is 18.8. The van der Waals surface area contributed by atoms with Crippen LogP contribution in [0.25, 0.3) is 0 Å². The van der Waals surface area contributed by atoms with Gasteiger partial charge in [-0.05, 0) is 89.1 Å². The zero-order chi connectivity index (χ0) is 21.5. The summed E-state index contributed by atoms with van der Waals surface area (Å²) in [5, 5.41) is 0. The molecule has 0 aromatic heterocycles. The molecule has 0 spiro atoms. The fourth-order valence-electron chi connectivity index (χ4n) is 4.07. The third-order valence-corrected chi connectivity index (χ3v) is 6.13. The number of benzene rings is 2. The van der Waals surface area contributed by atoms with Crippen LogP contribution in [0.5, 0.6) is 0 Å². The van der Waals surface area contributed by atoms with Gasteiger partial charge in [0.15, 0.2) is 0 Å². The average molecular weight is 411 g/mol. The van der Waals surface area contributed by atoms with Crippen molar-refractivity contribution in [1.82, 2.24) is 9.80 Å². The van der Waals surface area contributed by atoms with Gasteiger partial charge in [-0.1, -0.05) is 0 Å². The summed E-state index contributed by atoms with van der Waals surface area (Å²) in [6.07, 6.45) is 2.48. The number of likely N-dealkylation sites (N-methyl/N-ethyl adjacent to an activating group) is 2. The molecule has 30 heavy (non-hydrogen) atoms. The number of hydrogen-bond donors (Lipinski definition) is 2. The second-order valence-electron chi connectivity index (χ2n) is 8.68. The number of hydrogen-bond acceptors (Lipinski definition) is 6. The van der Waals surface area contributed by atoms with Crippen LogP contribution in [0, 0.1) is 0 Å². The highest BCUT2D eigenvalue weighted by Crippen LogP contribution is 2.23. The minimum atomic E-state index is 0.683. The Balaban J connectivity index is 0.000000171. The van der Waals surface area contributed by atoms with Crippen LogP contribution in [0.15, 0.2) is 48.5 Å². The van der Waals surface area contributed by atoms with E-state index in [1.807, 2.05) is 24.3 Å². The zero-order valence-electron chi connectivity index (χ0n) is 18.8. The van der Waals surface area contributed by atoms with Crippen molar-refractivity contribution in [1.29, 1.82) is 0 Å². The molecule has 0 saturated carbocycles. The summed E-state index contributed by atoms with van der Waals surface area (Å²) in [7, 11) is 6.49. The predicted molar refractivity (Wildman–Crippen MR) is 130 cm³/mol. The van der Waals surface area contributed by atoms with Crippen LogP contribution in [0.4, 0.5) is 22.7 Å². The molecule has 1 atom stereocenters. The second-order valence-corrected chi connectivity index (χ2v) is 8.68. The lowest BCUT2D eigenvalue weighted by Crippen LogP contribution is -2.31. The van der Waals surface area contributed by atoms with Crippen LogP contribution >= 0.6 is 0 Å². The van der Waals surface area contributed by atoms with Crippen LogP contribution in [0.3, 0.4) is 0 Å². The minimum absolute atomic E-state index is 0.683. The predicted octanol–water partition coefficient (Wildman–Crippen LogP) is 2.82. The van der Waals surface area contributed by atoms with Gasteiger partial charge in [-0.2, -0.15) is 0 Å². The smallest absolute Gasteiger partial charge is 0.0368 e. The molecule has 164 valence electrons. The summed E-state index contributed by atoms with van der Waals surface area (Å²) < 4.78 is 0. The summed E-state index contributed by atoms with van der Waals surface area (Å²) in [4.78, 5) is 9.54. The van der Waals surface area contributed by atoms with Crippen LogP contribution in [0.2, 0.25) is 0 Å². The summed E-state index contributed by atoms with van der Waals surface area (Å²) in [5.74, 6) is 0. The highest BCUT2D eigenvalue weighted by Gasteiger charge is 2.23. The first kappa shape index (κ1) is 22.2. The van der Waals surface area contributed by atoms with Crippen molar-refractivity contribution < 1.29 is 0 Å². The van der Waals surface area contributed by atoms with E-state index in [-0.39, 0.29) is 0 Å². The Morgan fingerprint density at radius 2 is 1.30 bits per heavy atom. The Morgan fingerprint density at radius 3 is 1.83 bits per heavy atom. The van der Waals surface area contributed by atoms with Crippen molar-refractivity contribution in [3.63, 3.8) is 0 Å². The van der Waals surface area contributed by atoms with Gasteiger partial charge in [0.05, 0.1) is 0 Å². The normalized spacial score (nSPS) is 20.1. The molecule has 0 amide bonds. The van der Waals surface area contributed by atoms with Crippen LogP contribution in [-0.4, -0.2) is 76.3 Å². The molecule has 2 aliphatic rings. The molecular formula is C24H38N6. The van der Waals surface area contributed by atoms with Gasteiger partial charge in [0.25, 0.3) is 0 Å². The van der Waals surface area contributed by atoms with Gasteiger partial charge in [-0.25, -0.2) is 0 Å². The van der Waals surface area contributed by atoms with Gasteiger partial charge >= 0.3 is 0 Å². The highest BCUT2D eigenvalue weighted by atomic mass is 15.2. The SMILES string of the molecule is CN(C)C1CCN(c2ccc(N)cc2)C1.CN1CCCN(c2ccc(N)cc2)CC1. The molecule has 2 aliphatic heterocycles. The van der Waals surface area contributed by atoms with Gasteiger partial charge in [0.1, 0.15) is 0 Å². The third-order valence-electron chi connectivity index (χ3n) is 6.13. The van der Waals surface area contributed by atoms with E-state index in [2.05, 4.69) is 65.0 Å². The van der Waals surface area contributed by atoms with Crippen molar-refractivity contribution in [2.75, 3.05) is 81.7 Å². The van der Waals surface area contributed by atoms with Crippen LogP contribution < -0.4 is 21.3 Å². The number of anilines is 4. The third kappa shape index (κ3) is 6.28. The monoisotopic (exact) mass is 410 g/mol. The summed E-state index contributed by atoms with van der Waals surface area (Å²) in [5.41, 5.74) is 15.6. The van der Waals surface area contributed by atoms with E-state index in [0.29, 0.717) is 6.04 Å². The fraction of sp³-hybridized carbons (Fsp3) is 0.500. The number of rotatable bonds is 3. The first-order valence-electron chi connectivity index (χ1n) is 11.0. The molecule has 2 aromatic rings. The number of nitrogens with two attached hydrogens (primary N) is 2. The van der Waals surface area contributed by atoms with Gasteiger partial charge in [-0.3, -0.25) is 0 Å². The molecular weight excluding hydrogens is 372 g/mol. The van der Waals surface area contributed by atoms with E-state index in [0.717, 1.165) is 44.1 Å². The topological polar surface area (TPSA) is 65.0 Å². The minimum Gasteiger partial charge on any atom is -0.399 e. The first-order chi connectivity index (χ1) is 14.4. The van der Waals surface area contributed by atoms with E-state index in [4.69, 9.17) is 11.5 Å². The van der Waals surface area contributed by atoms with E-state index in [1.165, 1.54) is 30.8 Å². The quantitative estimate of drug-likeness (QED) is 0.759. The van der Waals surface area contributed by atoms with Gasteiger partial charge < -0.3 is 31.1 Å². The second kappa shape index (κ2) is 10.5. The highest BCUT2D eigenvalue weighted by molar-refractivity contribution is 5.54. The molecule has 0 radical (unpaired) electrons. The van der Waals surface area contributed by atoms with Crippen molar-refractivity contribution in [3.8, 4) is 0 Å². The summed E-state index contributed by atoms with van der Waals surface area (Å²) in [6, 6.07) is 17.0. The Hall–Kier alpha value is -2.44. The van der Waals surface area contributed by atoms with Gasteiger partial charge in [-0.15, -0.1) is 0 Å². The van der Waals surface area contributed by atoms with Crippen molar-refractivity contribution in [2.24, 2.45) is 0 Å². The molecule has 2 aromatic carbocycles.